The Balaban J connectivity index is 2.08. The van der Waals surface area contributed by atoms with Crippen LogP contribution in [0.1, 0.15) is 11.3 Å². The fourth-order valence-corrected chi connectivity index (χ4v) is 1.81. The van der Waals surface area contributed by atoms with E-state index >= 15 is 0 Å². The van der Waals surface area contributed by atoms with Gasteiger partial charge in [0.2, 0.25) is 0 Å². The van der Waals surface area contributed by atoms with Crippen LogP contribution < -0.4 is 4.74 Å². The van der Waals surface area contributed by atoms with Crippen LogP contribution in [0.3, 0.4) is 0 Å². The second-order valence-electron chi connectivity index (χ2n) is 3.19. The molecular formula is C10H8ClFN2OS. The fraction of sp³-hybridized carbons (Fsp3) is 0.200. The van der Waals surface area contributed by atoms with Crippen LogP contribution in [0, 0.1) is 12.7 Å². The number of halogens is 2. The zero-order chi connectivity index (χ0) is 11.5. The van der Waals surface area contributed by atoms with Gasteiger partial charge in [0, 0.05) is 11.5 Å². The van der Waals surface area contributed by atoms with E-state index in [9.17, 15) is 4.39 Å². The van der Waals surface area contributed by atoms with Crippen molar-refractivity contribution in [2.24, 2.45) is 0 Å². The molecule has 0 saturated carbocycles. The molecule has 0 bridgehead atoms. The van der Waals surface area contributed by atoms with Crippen molar-refractivity contribution in [2.45, 2.75) is 13.5 Å². The van der Waals surface area contributed by atoms with Crippen molar-refractivity contribution in [1.29, 1.82) is 0 Å². The van der Waals surface area contributed by atoms with Gasteiger partial charge < -0.3 is 4.74 Å². The molecule has 0 amide bonds. The third-order valence-electron chi connectivity index (χ3n) is 2.01. The first kappa shape index (κ1) is 11.3. The number of aryl methyl sites for hydroxylation is 1. The maximum atomic E-state index is 12.8. The lowest BCUT2D eigenvalue weighted by molar-refractivity contribution is 0.298. The number of ether oxygens (including phenoxy) is 1. The summed E-state index contributed by atoms with van der Waals surface area (Å²) in [5.41, 5.74) is 1.33. The molecule has 84 valence electrons. The zero-order valence-electron chi connectivity index (χ0n) is 8.41. The summed E-state index contributed by atoms with van der Waals surface area (Å²) in [6.07, 6.45) is 0. The van der Waals surface area contributed by atoms with Crippen molar-refractivity contribution in [3.8, 4) is 5.75 Å². The molecule has 0 fully saturated rings. The van der Waals surface area contributed by atoms with Crippen LogP contribution in [0.15, 0.2) is 18.2 Å². The monoisotopic (exact) mass is 258 g/mol. The molecule has 0 N–H and O–H groups in total. The number of benzene rings is 1. The van der Waals surface area contributed by atoms with Crippen LogP contribution in [0.5, 0.6) is 5.75 Å². The lowest BCUT2D eigenvalue weighted by Gasteiger charge is -2.07. The van der Waals surface area contributed by atoms with E-state index in [1.165, 1.54) is 12.1 Å². The molecule has 1 aromatic carbocycles. The molecule has 2 rings (SSSR count). The minimum atomic E-state index is -0.279. The van der Waals surface area contributed by atoms with Gasteiger partial charge in [0.1, 0.15) is 28.2 Å². The first-order valence-corrected chi connectivity index (χ1v) is 5.67. The maximum Gasteiger partial charge on any atom is 0.141 e. The van der Waals surface area contributed by atoms with Crippen LogP contribution in [-0.2, 0) is 6.61 Å². The average molecular weight is 259 g/mol. The first-order valence-electron chi connectivity index (χ1n) is 4.52. The minimum Gasteiger partial charge on any atom is -0.487 e. The molecule has 3 nitrogen and oxygen atoms in total. The Labute approximate surface area is 101 Å². The molecule has 2 aromatic rings. The van der Waals surface area contributed by atoms with E-state index in [0.717, 1.165) is 17.1 Å². The van der Waals surface area contributed by atoms with Gasteiger partial charge in [0.15, 0.2) is 0 Å². The Hall–Kier alpha value is -1.20. The van der Waals surface area contributed by atoms with Crippen molar-refractivity contribution in [3.05, 3.63) is 39.6 Å². The second kappa shape index (κ2) is 4.76. The van der Waals surface area contributed by atoms with E-state index in [1.54, 1.807) is 13.0 Å². The van der Waals surface area contributed by atoms with Crippen molar-refractivity contribution in [2.75, 3.05) is 0 Å². The summed E-state index contributed by atoms with van der Waals surface area (Å²) in [6, 6.07) is 4.35. The van der Waals surface area contributed by atoms with Gasteiger partial charge >= 0.3 is 0 Å². The summed E-state index contributed by atoms with van der Waals surface area (Å²) in [6.45, 7) is 2.02. The average Bonchev–Trinajstić information content (AvgIpc) is 2.63. The van der Waals surface area contributed by atoms with Gasteiger partial charge in [-0.15, -0.1) is 5.10 Å². The number of aromatic nitrogens is 2. The molecule has 6 heteroatoms. The van der Waals surface area contributed by atoms with Crippen LogP contribution >= 0.6 is 23.1 Å². The van der Waals surface area contributed by atoms with Gasteiger partial charge in [-0.25, -0.2) is 4.39 Å². The molecule has 0 spiro atoms. The highest BCUT2D eigenvalue weighted by atomic mass is 35.5. The molecule has 16 heavy (non-hydrogen) atoms. The molecule has 0 radical (unpaired) electrons. The Morgan fingerprint density at radius 2 is 2.31 bits per heavy atom. The Morgan fingerprint density at radius 3 is 2.94 bits per heavy atom. The summed E-state index contributed by atoms with van der Waals surface area (Å²) in [5, 5.41) is 3.82. The third kappa shape index (κ3) is 2.48. The van der Waals surface area contributed by atoms with Gasteiger partial charge in [0.05, 0.1) is 0 Å². The zero-order valence-corrected chi connectivity index (χ0v) is 9.98. The quantitative estimate of drug-likeness (QED) is 0.848. The molecule has 0 aliphatic carbocycles. The van der Waals surface area contributed by atoms with Gasteiger partial charge in [-0.2, -0.15) is 0 Å². The minimum absolute atomic E-state index is 0.238. The molecule has 0 aliphatic heterocycles. The molecule has 1 heterocycles. The predicted molar refractivity (Wildman–Crippen MR) is 60.4 cm³/mol. The predicted octanol–water partition coefficient (Wildman–Crippen LogP) is 3.22. The molecule has 1 aromatic heterocycles. The second-order valence-corrected chi connectivity index (χ2v) is 4.55. The van der Waals surface area contributed by atoms with Gasteiger partial charge in [-0.1, -0.05) is 16.1 Å². The van der Waals surface area contributed by atoms with Gasteiger partial charge in [0.25, 0.3) is 0 Å². The molecule has 0 aliphatic rings. The van der Waals surface area contributed by atoms with E-state index in [0.29, 0.717) is 15.8 Å². The first-order chi connectivity index (χ1) is 7.66. The standard InChI is InChI=1S/C10H8ClFN2OS/c1-6-4-7(12)2-3-9(6)15-5-8-10(11)16-14-13-8/h2-4H,5H2,1H3. The summed E-state index contributed by atoms with van der Waals surface area (Å²) in [4.78, 5) is 0. The Kier molecular flexibility index (Phi) is 3.36. The van der Waals surface area contributed by atoms with Crippen molar-refractivity contribution in [1.82, 2.24) is 9.59 Å². The summed E-state index contributed by atoms with van der Waals surface area (Å²) in [7, 11) is 0. The van der Waals surface area contributed by atoms with Crippen LogP contribution in [0.4, 0.5) is 4.39 Å². The topological polar surface area (TPSA) is 35.0 Å². The van der Waals surface area contributed by atoms with Crippen LogP contribution in [-0.4, -0.2) is 9.59 Å². The smallest absolute Gasteiger partial charge is 0.141 e. The number of hydrogen-bond acceptors (Lipinski definition) is 4. The summed E-state index contributed by atoms with van der Waals surface area (Å²) < 4.78 is 22.5. The van der Waals surface area contributed by atoms with E-state index < -0.39 is 0 Å². The molecule has 0 unspecified atom stereocenters. The van der Waals surface area contributed by atoms with E-state index in [-0.39, 0.29) is 12.4 Å². The lowest BCUT2D eigenvalue weighted by Crippen LogP contribution is -1.98. The molecule has 0 atom stereocenters. The highest BCUT2D eigenvalue weighted by Gasteiger charge is 2.07. The van der Waals surface area contributed by atoms with Gasteiger partial charge in [-0.3, -0.25) is 0 Å². The summed E-state index contributed by atoms with van der Waals surface area (Å²) in [5.74, 6) is 0.337. The third-order valence-corrected chi connectivity index (χ3v) is 3.00. The molecule has 0 saturated heterocycles. The van der Waals surface area contributed by atoms with Crippen LogP contribution in [0.2, 0.25) is 4.34 Å². The number of nitrogens with zero attached hydrogens (tertiary/aromatic N) is 2. The number of rotatable bonds is 3. The van der Waals surface area contributed by atoms with Crippen molar-refractivity contribution in [3.63, 3.8) is 0 Å². The highest BCUT2D eigenvalue weighted by molar-refractivity contribution is 7.10. The Morgan fingerprint density at radius 1 is 1.50 bits per heavy atom. The molecular weight excluding hydrogens is 251 g/mol. The number of hydrogen-bond donors (Lipinski definition) is 0. The Bertz CT molecular complexity index is 503. The van der Waals surface area contributed by atoms with E-state index in [1.807, 2.05) is 0 Å². The van der Waals surface area contributed by atoms with E-state index in [2.05, 4.69) is 9.59 Å². The largest absolute Gasteiger partial charge is 0.487 e. The SMILES string of the molecule is Cc1cc(F)ccc1OCc1nnsc1Cl. The van der Waals surface area contributed by atoms with Crippen molar-refractivity contribution < 1.29 is 9.13 Å². The van der Waals surface area contributed by atoms with Crippen LogP contribution in [0.25, 0.3) is 0 Å². The normalized spacial score (nSPS) is 10.4. The van der Waals surface area contributed by atoms with E-state index in [4.69, 9.17) is 16.3 Å². The fourth-order valence-electron chi connectivity index (χ4n) is 1.20. The van der Waals surface area contributed by atoms with Crippen molar-refractivity contribution >= 4 is 23.1 Å². The highest BCUT2D eigenvalue weighted by Crippen LogP contribution is 2.22. The summed E-state index contributed by atoms with van der Waals surface area (Å²) >= 11 is 6.94. The lowest BCUT2D eigenvalue weighted by atomic mass is 10.2. The van der Waals surface area contributed by atoms with Gasteiger partial charge in [-0.05, 0) is 30.7 Å². The maximum absolute atomic E-state index is 12.8.